The highest BCUT2D eigenvalue weighted by atomic mass is 16.5. The van der Waals surface area contributed by atoms with E-state index in [1.165, 1.54) is 0 Å². The Labute approximate surface area is 211 Å². The maximum Gasteiger partial charge on any atom is 0.254 e. The van der Waals surface area contributed by atoms with E-state index in [1.54, 1.807) is 0 Å². The van der Waals surface area contributed by atoms with E-state index in [2.05, 4.69) is 55.6 Å². The van der Waals surface area contributed by atoms with Gasteiger partial charge in [0, 0.05) is 45.5 Å². The van der Waals surface area contributed by atoms with Crippen LogP contribution in [0.5, 0.6) is 0 Å². The predicted octanol–water partition coefficient (Wildman–Crippen LogP) is 4.12. The molecule has 1 unspecified atom stereocenters. The minimum absolute atomic E-state index is 0.0485. The molecule has 0 spiro atoms. The van der Waals surface area contributed by atoms with Crippen LogP contribution in [0.25, 0.3) is 11.1 Å². The molecule has 0 aliphatic carbocycles. The van der Waals surface area contributed by atoms with Crippen molar-refractivity contribution in [3.63, 3.8) is 0 Å². The van der Waals surface area contributed by atoms with Gasteiger partial charge in [-0.25, -0.2) is 4.98 Å². The second-order valence-corrected chi connectivity index (χ2v) is 9.84. The Morgan fingerprint density at radius 2 is 1.94 bits per heavy atom. The first-order valence-electron chi connectivity index (χ1n) is 12.8. The van der Waals surface area contributed by atoms with Crippen LogP contribution in [-0.4, -0.2) is 60.6 Å². The summed E-state index contributed by atoms with van der Waals surface area (Å²) in [5.74, 6) is 0.663. The van der Waals surface area contributed by atoms with E-state index in [4.69, 9.17) is 4.74 Å². The monoisotopic (exact) mass is 484 g/mol. The average Bonchev–Trinajstić information content (AvgIpc) is 3.32. The SMILES string of the molecule is CN1CCN(c2ccc(Nc3ccc(-c4ccnc(C5CCCCO5)c4)c4c3C(=O)NC4)nc2)CC1. The van der Waals surface area contributed by atoms with E-state index in [9.17, 15) is 4.79 Å². The Hall–Kier alpha value is -3.49. The van der Waals surface area contributed by atoms with Gasteiger partial charge in [-0.05, 0) is 73.3 Å². The summed E-state index contributed by atoms with van der Waals surface area (Å²) in [6.07, 6.45) is 7.07. The van der Waals surface area contributed by atoms with Crippen LogP contribution in [0.1, 0.15) is 47.0 Å². The molecule has 5 heterocycles. The summed E-state index contributed by atoms with van der Waals surface area (Å²) in [5.41, 5.74) is 6.65. The molecule has 2 N–H and O–H groups in total. The average molecular weight is 485 g/mol. The Kier molecular flexibility index (Phi) is 6.29. The molecular formula is C28H32N6O2. The van der Waals surface area contributed by atoms with Crippen LogP contribution in [0.4, 0.5) is 17.2 Å². The van der Waals surface area contributed by atoms with Gasteiger partial charge in [0.05, 0.1) is 34.9 Å². The minimum Gasteiger partial charge on any atom is -0.372 e. The summed E-state index contributed by atoms with van der Waals surface area (Å²) in [7, 11) is 2.15. The van der Waals surface area contributed by atoms with E-state index in [-0.39, 0.29) is 12.0 Å². The Bertz CT molecular complexity index is 1250. The third-order valence-electron chi connectivity index (χ3n) is 7.45. The molecule has 186 valence electrons. The van der Waals surface area contributed by atoms with Gasteiger partial charge in [0.2, 0.25) is 0 Å². The van der Waals surface area contributed by atoms with Gasteiger partial charge in [-0.3, -0.25) is 9.78 Å². The van der Waals surface area contributed by atoms with Gasteiger partial charge < -0.3 is 25.2 Å². The first-order valence-corrected chi connectivity index (χ1v) is 12.8. The van der Waals surface area contributed by atoms with Crippen molar-refractivity contribution in [2.75, 3.05) is 50.1 Å². The predicted molar refractivity (Wildman–Crippen MR) is 141 cm³/mol. The number of hydrogen-bond acceptors (Lipinski definition) is 7. The lowest BCUT2D eigenvalue weighted by Crippen LogP contribution is -2.44. The zero-order valence-electron chi connectivity index (χ0n) is 20.7. The molecule has 36 heavy (non-hydrogen) atoms. The van der Waals surface area contributed by atoms with E-state index < -0.39 is 0 Å². The summed E-state index contributed by atoms with van der Waals surface area (Å²) in [6, 6.07) is 12.3. The number of nitrogens with one attached hydrogen (secondary N) is 2. The molecule has 6 rings (SSSR count). The normalized spacial score (nSPS) is 20.2. The van der Waals surface area contributed by atoms with Crippen LogP contribution in [0, 0.1) is 0 Å². The third kappa shape index (κ3) is 4.54. The molecule has 2 aromatic heterocycles. The van der Waals surface area contributed by atoms with Crippen molar-refractivity contribution in [2.45, 2.75) is 31.9 Å². The fourth-order valence-corrected chi connectivity index (χ4v) is 5.34. The largest absolute Gasteiger partial charge is 0.372 e. The number of hydrogen-bond donors (Lipinski definition) is 2. The number of amides is 1. The van der Waals surface area contributed by atoms with Gasteiger partial charge in [0.15, 0.2) is 0 Å². The molecule has 3 aromatic rings. The zero-order valence-corrected chi connectivity index (χ0v) is 20.7. The van der Waals surface area contributed by atoms with E-state index in [0.29, 0.717) is 12.1 Å². The zero-order chi connectivity index (χ0) is 24.5. The maximum absolute atomic E-state index is 12.8. The fourth-order valence-electron chi connectivity index (χ4n) is 5.34. The molecule has 0 bridgehead atoms. The van der Waals surface area contributed by atoms with Gasteiger partial charge in [-0.1, -0.05) is 6.07 Å². The molecule has 0 saturated carbocycles. The summed E-state index contributed by atoms with van der Waals surface area (Å²) in [6.45, 7) is 5.41. The molecule has 8 heteroatoms. The van der Waals surface area contributed by atoms with E-state index in [1.807, 2.05) is 30.6 Å². The number of anilines is 3. The van der Waals surface area contributed by atoms with Crippen molar-refractivity contribution in [1.29, 1.82) is 0 Å². The number of fused-ring (bicyclic) bond motifs is 1. The summed E-state index contributed by atoms with van der Waals surface area (Å²) >= 11 is 0. The van der Waals surface area contributed by atoms with E-state index in [0.717, 1.165) is 91.6 Å². The van der Waals surface area contributed by atoms with Gasteiger partial charge in [-0.2, -0.15) is 0 Å². The summed E-state index contributed by atoms with van der Waals surface area (Å²) in [5, 5.41) is 6.39. The fraction of sp³-hybridized carbons (Fsp3) is 0.393. The number of pyridine rings is 2. The van der Waals surface area contributed by atoms with Gasteiger partial charge >= 0.3 is 0 Å². The van der Waals surface area contributed by atoms with Gasteiger partial charge in [0.1, 0.15) is 5.82 Å². The number of nitrogens with zero attached hydrogens (tertiary/aromatic N) is 4. The molecule has 8 nitrogen and oxygen atoms in total. The second-order valence-electron chi connectivity index (χ2n) is 9.84. The molecule has 2 saturated heterocycles. The molecule has 1 atom stereocenters. The van der Waals surface area contributed by atoms with Crippen molar-refractivity contribution in [3.05, 3.63) is 65.6 Å². The summed E-state index contributed by atoms with van der Waals surface area (Å²) in [4.78, 5) is 26.8. The third-order valence-corrected chi connectivity index (χ3v) is 7.45. The molecule has 3 aliphatic heterocycles. The minimum atomic E-state index is -0.0618. The number of carbonyl (C=O) groups is 1. The van der Waals surface area contributed by atoms with Crippen LogP contribution in [0.3, 0.4) is 0 Å². The lowest BCUT2D eigenvalue weighted by atomic mass is 9.94. The van der Waals surface area contributed by atoms with Crippen molar-refractivity contribution < 1.29 is 9.53 Å². The second kappa shape index (κ2) is 9.87. The van der Waals surface area contributed by atoms with Gasteiger partial charge in [-0.15, -0.1) is 0 Å². The Morgan fingerprint density at radius 1 is 1.06 bits per heavy atom. The topological polar surface area (TPSA) is 82.6 Å². The number of likely N-dealkylation sites (N-methyl/N-ethyl adjacent to an activating group) is 1. The van der Waals surface area contributed by atoms with Crippen LogP contribution < -0.4 is 15.5 Å². The number of carbonyl (C=O) groups excluding carboxylic acids is 1. The summed E-state index contributed by atoms with van der Waals surface area (Å²) < 4.78 is 5.95. The smallest absolute Gasteiger partial charge is 0.254 e. The van der Waals surface area contributed by atoms with Crippen LogP contribution >= 0.6 is 0 Å². The van der Waals surface area contributed by atoms with Crippen molar-refractivity contribution in [3.8, 4) is 11.1 Å². The van der Waals surface area contributed by atoms with Crippen LogP contribution in [-0.2, 0) is 11.3 Å². The lowest BCUT2D eigenvalue weighted by molar-refractivity contribution is 0.0123. The number of piperazine rings is 1. The highest BCUT2D eigenvalue weighted by Crippen LogP contribution is 2.36. The van der Waals surface area contributed by atoms with Gasteiger partial charge in [0.25, 0.3) is 5.91 Å². The number of aromatic nitrogens is 2. The quantitative estimate of drug-likeness (QED) is 0.564. The molecular weight excluding hydrogens is 452 g/mol. The van der Waals surface area contributed by atoms with Crippen molar-refractivity contribution in [2.24, 2.45) is 0 Å². The maximum atomic E-state index is 12.8. The van der Waals surface area contributed by atoms with Crippen molar-refractivity contribution >= 4 is 23.1 Å². The first kappa shape index (κ1) is 22.9. The lowest BCUT2D eigenvalue weighted by Gasteiger charge is -2.33. The molecule has 2 fully saturated rings. The van der Waals surface area contributed by atoms with Crippen molar-refractivity contribution in [1.82, 2.24) is 20.2 Å². The standard InChI is InChI=1S/C28H32N6O2/c1-33-11-13-34(14-12-33)20-5-8-26(30-17-20)32-23-7-6-21(22-18-31-28(35)27(22)23)19-9-10-29-24(16-19)25-4-2-3-15-36-25/h5-10,16-17,25H,2-4,11-15,18H2,1H3,(H,30,32)(H,31,35). The number of ether oxygens (including phenoxy) is 1. The number of rotatable bonds is 5. The molecule has 1 aromatic carbocycles. The number of benzene rings is 1. The van der Waals surface area contributed by atoms with E-state index >= 15 is 0 Å². The highest BCUT2D eigenvalue weighted by Gasteiger charge is 2.27. The molecule has 3 aliphatic rings. The Balaban J connectivity index is 1.25. The Morgan fingerprint density at radius 3 is 2.72 bits per heavy atom. The highest BCUT2D eigenvalue weighted by molar-refractivity contribution is 6.06. The van der Waals surface area contributed by atoms with Crippen LogP contribution in [0.2, 0.25) is 0 Å². The molecule has 0 radical (unpaired) electrons. The molecule has 1 amide bonds. The van der Waals surface area contributed by atoms with Crippen LogP contribution in [0.15, 0.2) is 48.8 Å². The first-order chi connectivity index (χ1) is 17.7.